The average molecular weight is 354 g/mol. The van der Waals surface area contributed by atoms with Crippen LogP contribution in [0.4, 0.5) is 11.5 Å². The van der Waals surface area contributed by atoms with Crippen molar-refractivity contribution in [2.75, 3.05) is 17.7 Å². The molecule has 1 amide bonds. The highest BCUT2D eigenvalue weighted by Gasteiger charge is 2.22. The smallest absolute Gasteiger partial charge is 0.330 e. The lowest BCUT2D eigenvalue weighted by Crippen LogP contribution is -2.39. The van der Waals surface area contributed by atoms with Crippen molar-refractivity contribution >= 4 is 29.5 Å². The first kappa shape index (κ1) is 19.1. The third-order valence-corrected chi connectivity index (χ3v) is 3.56. The molecule has 136 valence electrons. The molecule has 1 aromatic heterocycles. The maximum Gasteiger partial charge on any atom is 0.330 e. The lowest BCUT2D eigenvalue weighted by Gasteiger charge is -2.22. The molecule has 2 rings (SSSR count). The largest absolute Gasteiger partial charge is 0.466 e. The quantitative estimate of drug-likeness (QED) is 0.587. The van der Waals surface area contributed by atoms with E-state index in [-0.39, 0.29) is 11.8 Å². The van der Waals surface area contributed by atoms with Crippen LogP contribution < -0.4 is 10.6 Å². The Morgan fingerprint density at radius 3 is 2.42 bits per heavy atom. The first-order valence-corrected chi connectivity index (χ1v) is 8.20. The van der Waals surface area contributed by atoms with Gasteiger partial charge in [-0.05, 0) is 24.1 Å². The van der Waals surface area contributed by atoms with Crippen LogP contribution in [-0.2, 0) is 14.3 Å². The van der Waals surface area contributed by atoms with Crippen molar-refractivity contribution in [1.29, 1.82) is 0 Å². The van der Waals surface area contributed by atoms with E-state index in [1.54, 1.807) is 0 Å². The summed E-state index contributed by atoms with van der Waals surface area (Å²) in [5, 5.41) is 5.98. The number of nitrogens with one attached hydrogen (secondary N) is 2. The number of hydrogen-bond acceptors (Lipinski definition) is 6. The van der Waals surface area contributed by atoms with Gasteiger partial charge in [0.25, 0.3) is 0 Å². The van der Waals surface area contributed by atoms with Crippen LogP contribution in [0.2, 0.25) is 0 Å². The number of benzene rings is 1. The number of anilines is 2. The van der Waals surface area contributed by atoms with E-state index in [0.717, 1.165) is 5.69 Å². The molecule has 0 aliphatic heterocycles. The summed E-state index contributed by atoms with van der Waals surface area (Å²) < 4.78 is 4.52. The molecule has 7 nitrogen and oxygen atoms in total. The molecule has 0 bridgehead atoms. The summed E-state index contributed by atoms with van der Waals surface area (Å²) in [6.07, 6.45) is 5.79. The van der Waals surface area contributed by atoms with Crippen LogP contribution in [0.1, 0.15) is 19.5 Å². The Morgan fingerprint density at radius 1 is 1.12 bits per heavy atom. The minimum atomic E-state index is -0.471. The first-order chi connectivity index (χ1) is 12.5. The highest BCUT2D eigenvalue weighted by molar-refractivity contribution is 5.96. The number of amides is 1. The van der Waals surface area contributed by atoms with Gasteiger partial charge in [-0.2, -0.15) is 0 Å². The number of hydrogen-bond donors (Lipinski definition) is 2. The molecule has 0 radical (unpaired) electrons. The maximum atomic E-state index is 12.6. The number of methoxy groups -OCH3 is 1. The van der Waals surface area contributed by atoms with E-state index in [4.69, 9.17) is 0 Å². The topological polar surface area (TPSA) is 93.2 Å². The summed E-state index contributed by atoms with van der Waals surface area (Å²) in [4.78, 5) is 32.1. The number of esters is 1. The van der Waals surface area contributed by atoms with Crippen molar-refractivity contribution in [3.63, 3.8) is 0 Å². The fourth-order valence-electron chi connectivity index (χ4n) is 2.16. The van der Waals surface area contributed by atoms with Crippen molar-refractivity contribution in [3.05, 3.63) is 54.5 Å². The van der Waals surface area contributed by atoms with Crippen LogP contribution in [0.25, 0.3) is 6.08 Å². The summed E-state index contributed by atoms with van der Waals surface area (Å²) in [5.74, 6) is -0.101. The Bertz CT molecular complexity index is 758. The molecule has 1 atom stereocenters. The van der Waals surface area contributed by atoms with Crippen molar-refractivity contribution < 1.29 is 14.3 Å². The number of ether oxygens (including phenoxy) is 1. The van der Waals surface area contributed by atoms with Gasteiger partial charge in [0.1, 0.15) is 11.9 Å². The molecular weight excluding hydrogens is 332 g/mol. The van der Waals surface area contributed by atoms with Crippen molar-refractivity contribution in [2.24, 2.45) is 5.92 Å². The molecule has 0 spiro atoms. The van der Waals surface area contributed by atoms with Gasteiger partial charge in [0, 0.05) is 11.8 Å². The standard InChI is InChI=1S/C19H22N4O3/c1-13(2)18(19(25)22-14-7-5-4-6-8-14)23-16-12-20-15(11-21-16)9-10-17(24)26-3/h4-13,18H,1-3H3,(H,21,23)(H,22,25)/t18-/m1/s1. The van der Waals surface area contributed by atoms with Gasteiger partial charge >= 0.3 is 5.97 Å². The van der Waals surface area contributed by atoms with Gasteiger partial charge in [-0.1, -0.05) is 32.0 Å². The summed E-state index contributed by atoms with van der Waals surface area (Å²) >= 11 is 0. The first-order valence-electron chi connectivity index (χ1n) is 8.20. The van der Waals surface area contributed by atoms with Crippen molar-refractivity contribution in [3.8, 4) is 0 Å². The monoisotopic (exact) mass is 354 g/mol. The third-order valence-electron chi connectivity index (χ3n) is 3.56. The van der Waals surface area contributed by atoms with E-state index < -0.39 is 12.0 Å². The number of nitrogens with zero attached hydrogens (tertiary/aromatic N) is 2. The zero-order valence-corrected chi connectivity index (χ0v) is 15.0. The van der Waals surface area contributed by atoms with Gasteiger partial charge in [-0.15, -0.1) is 0 Å². The van der Waals surface area contributed by atoms with E-state index in [9.17, 15) is 9.59 Å². The van der Waals surface area contributed by atoms with Gasteiger partial charge in [0.2, 0.25) is 5.91 Å². The van der Waals surface area contributed by atoms with Gasteiger partial charge in [-0.25, -0.2) is 9.78 Å². The molecule has 1 aromatic carbocycles. The summed E-state index contributed by atoms with van der Waals surface area (Å²) in [7, 11) is 1.30. The second-order valence-electron chi connectivity index (χ2n) is 5.90. The SMILES string of the molecule is COC(=O)C=Cc1cnc(N[C@@H](C(=O)Nc2ccccc2)C(C)C)cn1. The van der Waals surface area contributed by atoms with E-state index >= 15 is 0 Å². The fraction of sp³-hybridized carbons (Fsp3) is 0.263. The molecule has 0 aliphatic rings. The zero-order valence-electron chi connectivity index (χ0n) is 15.0. The lowest BCUT2D eigenvalue weighted by molar-refractivity contribution is -0.134. The Hall–Kier alpha value is -3.22. The van der Waals surface area contributed by atoms with Crippen LogP contribution in [0.15, 0.2) is 48.8 Å². The average Bonchev–Trinajstić information content (AvgIpc) is 2.65. The van der Waals surface area contributed by atoms with Crippen LogP contribution in [0, 0.1) is 5.92 Å². The summed E-state index contributed by atoms with van der Waals surface area (Å²) in [5.41, 5.74) is 1.25. The molecule has 7 heteroatoms. The second kappa shape index (κ2) is 9.31. The molecule has 1 heterocycles. The van der Waals surface area contributed by atoms with Crippen LogP contribution >= 0.6 is 0 Å². The molecule has 0 saturated heterocycles. The van der Waals surface area contributed by atoms with E-state index in [0.29, 0.717) is 11.5 Å². The van der Waals surface area contributed by atoms with E-state index in [2.05, 4.69) is 25.3 Å². The Morgan fingerprint density at radius 2 is 1.85 bits per heavy atom. The molecule has 0 unspecified atom stereocenters. The lowest BCUT2D eigenvalue weighted by atomic mass is 10.0. The van der Waals surface area contributed by atoms with Gasteiger partial charge in [0.05, 0.1) is 25.2 Å². The molecule has 2 N–H and O–H groups in total. The number of carbonyl (C=O) groups is 2. The molecular formula is C19H22N4O3. The maximum absolute atomic E-state index is 12.6. The second-order valence-corrected chi connectivity index (χ2v) is 5.90. The number of para-hydroxylation sites is 1. The van der Waals surface area contributed by atoms with E-state index in [1.807, 2.05) is 44.2 Å². The Kier molecular flexibility index (Phi) is 6.84. The minimum Gasteiger partial charge on any atom is -0.466 e. The highest BCUT2D eigenvalue weighted by atomic mass is 16.5. The molecule has 26 heavy (non-hydrogen) atoms. The predicted octanol–water partition coefficient (Wildman–Crippen LogP) is 2.74. The minimum absolute atomic E-state index is 0.0411. The normalized spacial score (nSPS) is 12.0. The van der Waals surface area contributed by atoms with Crippen molar-refractivity contribution in [2.45, 2.75) is 19.9 Å². The predicted molar refractivity (Wildman–Crippen MR) is 100 cm³/mol. The zero-order chi connectivity index (χ0) is 18.9. The van der Waals surface area contributed by atoms with Crippen LogP contribution in [-0.4, -0.2) is 35.0 Å². The molecule has 2 aromatic rings. The molecule has 0 fully saturated rings. The Labute approximate surface area is 152 Å². The fourth-order valence-corrected chi connectivity index (χ4v) is 2.16. The number of aromatic nitrogens is 2. The summed E-state index contributed by atoms with van der Waals surface area (Å²) in [6, 6.07) is 8.80. The highest BCUT2D eigenvalue weighted by Crippen LogP contribution is 2.13. The van der Waals surface area contributed by atoms with Gasteiger partial charge < -0.3 is 15.4 Å². The number of rotatable bonds is 7. The molecule has 0 aliphatic carbocycles. The van der Waals surface area contributed by atoms with E-state index in [1.165, 1.54) is 31.7 Å². The van der Waals surface area contributed by atoms with Crippen LogP contribution in [0.5, 0.6) is 0 Å². The number of carbonyl (C=O) groups excluding carboxylic acids is 2. The van der Waals surface area contributed by atoms with Gasteiger partial charge in [0.15, 0.2) is 0 Å². The Balaban J connectivity index is 2.04. The van der Waals surface area contributed by atoms with Crippen LogP contribution in [0.3, 0.4) is 0 Å². The summed E-state index contributed by atoms with van der Waals surface area (Å²) in [6.45, 7) is 3.90. The van der Waals surface area contributed by atoms with Gasteiger partial charge in [-0.3, -0.25) is 9.78 Å². The molecule has 0 saturated carbocycles. The third kappa shape index (κ3) is 5.70. The van der Waals surface area contributed by atoms with Crippen molar-refractivity contribution in [1.82, 2.24) is 9.97 Å².